The largest absolute Gasteiger partial charge is 0.499 e. The average Bonchev–Trinajstić information content (AvgIpc) is 2.70. The summed E-state index contributed by atoms with van der Waals surface area (Å²) in [7, 11) is -0.442. The van der Waals surface area contributed by atoms with Gasteiger partial charge in [0.2, 0.25) is 0 Å². The molecule has 1 N–H and O–H groups in total. The van der Waals surface area contributed by atoms with Gasteiger partial charge in [0.05, 0.1) is 20.0 Å². The summed E-state index contributed by atoms with van der Waals surface area (Å²) in [4.78, 5) is 29.2. The Kier molecular flexibility index (Phi) is 33.5. The van der Waals surface area contributed by atoms with Crippen LogP contribution < -0.4 is 0 Å². The Morgan fingerprint density at radius 2 is 1.14 bits per heavy atom. The van der Waals surface area contributed by atoms with E-state index in [1.165, 1.54) is 84.2 Å². The van der Waals surface area contributed by atoms with Crippen molar-refractivity contribution >= 4 is 32.9 Å². The van der Waals surface area contributed by atoms with Gasteiger partial charge in [-0.05, 0) is 12.8 Å². The molecule has 0 unspecified atom stereocenters. The first kappa shape index (κ1) is 32.9. The van der Waals surface area contributed by atoms with Crippen LogP contribution in [0.15, 0.2) is 0 Å². The molecule has 0 aliphatic heterocycles. The Morgan fingerprint density at radius 1 is 0.724 bits per heavy atom. The number of carbonyl (C=O) groups excluding carboxylic acids is 2. The lowest BCUT2D eigenvalue weighted by Gasteiger charge is -2.04. The van der Waals surface area contributed by atoms with E-state index in [1.54, 1.807) is 0 Å². The molecule has 0 saturated heterocycles. The molecule has 0 aliphatic rings. The van der Waals surface area contributed by atoms with Crippen LogP contribution in [0.5, 0.6) is 0 Å². The van der Waals surface area contributed by atoms with E-state index >= 15 is 0 Å². The second-order valence-electron chi connectivity index (χ2n) is 6.87. The van der Waals surface area contributed by atoms with Gasteiger partial charge < -0.3 is 18.7 Å². The van der Waals surface area contributed by atoms with Crippen molar-refractivity contribution in [2.75, 3.05) is 20.3 Å². The monoisotopic (exact) mass is 448 g/mol. The molecule has 0 rings (SSSR count). The Balaban J connectivity index is -0.000000491. The number of methoxy groups -OCH3 is 1. The van der Waals surface area contributed by atoms with Crippen molar-refractivity contribution in [1.29, 1.82) is 0 Å². The van der Waals surface area contributed by atoms with Gasteiger partial charge in [-0.15, -0.1) is 0 Å². The van der Waals surface area contributed by atoms with E-state index in [4.69, 9.17) is 9.53 Å². The Bertz CT molecular complexity index is 329. The van der Waals surface area contributed by atoms with E-state index in [-0.39, 0.29) is 23.8 Å². The first-order chi connectivity index (χ1) is 13.6. The Morgan fingerprint density at radius 3 is 1.55 bits per heavy atom. The Labute approximate surface area is 185 Å². The molecule has 0 amide bonds. The van der Waals surface area contributed by atoms with Gasteiger partial charge in [-0.1, -0.05) is 78.1 Å². The fourth-order valence-electron chi connectivity index (χ4n) is 2.52. The lowest BCUT2D eigenvalue weighted by molar-refractivity contribution is -0.144. The molecule has 0 aliphatic carbocycles. The molecule has 0 aromatic rings. The van der Waals surface area contributed by atoms with Crippen molar-refractivity contribution in [2.45, 2.75) is 104 Å². The summed E-state index contributed by atoms with van der Waals surface area (Å²) in [6, 6.07) is 0. The van der Waals surface area contributed by atoms with Gasteiger partial charge >= 0.3 is 16.0 Å². The molecule has 4 radical (unpaired) electrons. The number of ether oxygens (including phenoxy) is 2. The molecular weight excluding hydrogens is 404 g/mol. The summed E-state index contributed by atoms with van der Waals surface area (Å²) in [5.41, 5.74) is 0. The standard InChI is InChI=1S/C16H34O.C5H10O5Si.Si/c1-3-5-7-9-11-13-15-17-16-14-12-10-8-6-4-2;1-9-4(6)2-3-5(7)10-11-8;/h3-16H2,1-2H3;8H,2-3,11H2,1H3;. The lowest BCUT2D eigenvalue weighted by Crippen LogP contribution is -2.10. The van der Waals surface area contributed by atoms with Crippen LogP contribution in [0, 0.1) is 0 Å². The maximum Gasteiger partial charge on any atom is 0.366 e. The molecular formula is C21H44O6Si2. The third kappa shape index (κ3) is 32.2. The van der Waals surface area contributed by atoms with Gasteiger partial charge in [-0.2, -0.15) is 0 Å². The van der Waals surface area contributed by atoms with E-state index in [2.05, 4.69) is 23.0 Å². The zero-order valence-electron chi connectivity index (χ0n) is 19.0. The highest BCUT2D eigenvalue weighted by Gasteiger charge is 2.06. The molecule has 0 saturated carbocycles. The van der Waals surface area contributed by atoms with Crippen molar-refractivity contribution in [3.8, 4) is 0 Å². The fraction of sp³-hybridized carbons (Fsp3) is 0.905. The number of hydrogen-bond acceptors (Lipinski definition) is 6. The van der Waals surface area contributed by atoms with E-state index in [0.717, 1.165) is 13.2 Å². The van der Waals surface area contributed by atoms with Crippen LogP contribution in [0.3, 0.4) is 0 Å². The van der Waals surface area contributed by atoms with E-state index in [9.17, 15) is 9.59 Å². The topological polar surface area (TPSA) is 82.1 Å². The number of unbranched alkanes of at least 4 members (excludes halogenated alkanes) is 10. The molecule has 0 spiro atoms. The third-order valence-electron chi connectivity index (χ3n) is 4.27. The van der Waals surface area contributed by atoms with E-state index < -0.39 is 21.9 Å². The molecule has 8 heteroatoms. The van der Waals surface area contributed by atoms with Crippen molar-refractivity contribution in [2.24, 2.45) is 0 Å². The SMILES string of the molecule is CCCCCCCCOCCCCCCCC.COC(=O)CCC(=O)O[SiH2]O.[Si]. The maximum absolute atomic E-state index is 10.5. The highest BCUT2D eigenvalue weighted by Crippen LogP contribution is 2.07. The summed E-state index contributed by atoms with van der Waals surface area (Å²) in [5.74, 6) is -1.01. The minimum Gasteiger partial charge on any atom is -0.499 e. The fourth-order valence-corrected chi connectivity index (χ4v) is 2.81. The molecule has 6 nitrogen and oxygen atoms in total. The summed E-state index contributed by atoms with van der Waals surface area (Å²) in [6.07, 6.45) is 16.3. The minimum absolute atomic E-state index is 0. The van der Waals surface area contributed by atoms with Crippen LogP contribution in [0.1, 0.15) is 104 Å². The van der Waals surface area contributed by atoms with Gasteiger partial charge in [-0.25, -0.2) is 0 Å². The first-order valence-electron chi connectivity index (χ1n) is 11.0. The second-order valence-corrected chi connectivity index (χ2v) is 7.42. The van der Waals surface area contributed by atoms with Gasteiger partial charge in [0.15, 0.2) is 0 Å². The minimum atomic E-state index is -1.69. The zero-order valence-corrected chi connectivity index (χ0v) is 21.4. The molecule has 0 atom stereocenters. The number of rotatable bonds is 18. The third-order valence-corrected chi connectivity index (χ3v) is 4.72. The van der Waals surface area contributed by atoms with Crippen LogP contribution >= 0.6 is 0 Å². The predicted octanol–water partition coefficient (Wildman–Crippen LogP) is 3.82. The normalized spacial score (nSPS) is 10.2. The molecule has 0 aromatic heterocycles. The summed E-state index contributed by atoms with van der Waals surface area (Å²) >= 11 is 0. The predicted molar refractivity (Wildman–Crippen MR) is 121 cm³/mol. The van der Waals surface area contributed by atoms with Gasteiger partial charge in [0, 0.05) is 24.2 Å². The number of hydrogen-bond donors (Lipinski definition) is 1. The van der Waals surface area contributed by atoms with Gasteiger partial charge in [0.1, 0.15) is 0 Å². The number of carbonyl (C=O) groups is 2. The smallest absolute Gasteiger partial charge is 0.366 e. The van der Waals surface area contributed by atoms with Crippen molar-refractivity contribution < 1.29 is 28.3 Å². The Hall–Kier alpha value is -0.706. The molecule has 0 fully saturated rings. The highest BCUT2D eigenvalue weighted by atomic mass is 28.2. The molecule has 0 bridgehead atoms. The van der Waals surface area contributed by atoms with Crippen molar-refractivity contribution in [1.82, 2.24) is 0 Å². The van der Waals surface area contributed by atoms with Gasteiger partial charge in [-0.3, -0.25) is 9.59 Å². The van der Waals surface area contributed by atoms with E-state index in [0.29, 0.717) is 0 Å². The highest BCUT2D eigenvalue weighted by molar-refractivity contribution is 6.20. The lowest BCUT2D eigenvalue weighted by atomic mass is 10.1. The second kappa shape index (κ2) is 29.5. The van der Waals surface area contributed by atoms with Crippen LogP contribution in [-0.2, 0) is 23.5 Å². The average molecular weight is 449 g/mol. The van der Waals surface area contributed by atoms with Crippen LogP contribution in [0.4, 0.5) is 0 Å². The summed E-state index contributed by atoms with van der Waals surface area (Å²) < 4.78 is 14.2. The summed E-state index contributed by atoms with van der Waals surface area (Å²) in [5, 5.41) is 0. The van der Waals surface area contributed by atoms with Crippen LogP contribution in [-0.4, -0.2) is 58.0 Å². The molecule has 0 heterocycles. The first-order valence-corrected chi connectivity index (χ1v) is 12.2. The van der Waals surface area contributed by atoms with Crippen molar-refractivity contribution in [3.63, 3.8) is 0 Å². The van der Waals surface area contributed by atoms with Crippen molar-refractivity contribution in [3.05, 3.63) is 0 Å². The zero-order chi connectivity index (χ0) is 21.3. The molecule has 172 valence electrons. The van der Waals surface area contributed by atoms with E-state index in [1.807, 2.05) is 0 Å². The number of esters is 1. The molecule has 0 aromatic carbocycles. The van der Waals surface area contributed by atoms with Crippen LogP contribution in [0.25, 0.3) is 0 Å². The summed E-state index contributed by atoms with van der Waals surface area (Å²) in [6.45, 7) is 6.51. The van der Waals surface area contributed by atoms with Gasteiger partial charge in [0.25, 0.3) is 5.97 Å². The molecule has 29 heavy (non-hydrogen) atoms. The maximum atomic E-state index is 10.5. The quantitative estimate of drug-likeness (QED) is 0.195. The van der Waals surface area contributed by atoms with Crippen LogP contribution in [0.2, 0.25) is 0 Å².